The van der Waals surface area contributed by atoms with Gasteiger partial charge in [0, 0.05) is 5.41 Å². The Bertz CT molecular complexity index is 2510. The predicted molar refractivity (Wildman–Crippen MR) is 198 cm³/mol. The maximum absolute atomic E-state index is 2.50. The van der Waals surface area contributed by atoms with E-state index < -0.39 is 0 Å². The zero-order valence-electron chi connectivity index (χ0n) is 26.5. The topological polar surface area (TPSA) is 0 Å². The maximum Gasteiger partial charge on any atom is 0.0159 e. The van der Waals surface area contributed by atoms with Crippen LogP contribution >= 0.6 is 0 Å². The Balaban J connectivity index is 1.21. The Morgan fingerprint density at radius 1 is 0.319 bits per heavy atom. The van der Waals surface area contributed by atoms with E-state index in [0.29, 0.717) is 0 Å². The van der Waals surface area contributed by atoms with Gasteiger partial charge < -0.3 is 0 Å². The van der Waals surface area contributed by atoms with Gasteiger partial charge in [-0.05, 0) is 112 Å². The van der Waals surface area contributed by atoms with Crippen molar-refractivity contribution in [2.75, 3.05) is 0 Å². The van der Waals surface area contributed by atoms with Crippen LogP contribution in [0.4, 0.5) is 0 Å². The van der Waals surface area contributed by atoms with Gasteiger partial charge in [0.2, 0.25) is 0 Å². The van der Waals surface area contributed by atoms with Gasteiger partial charge in [0.15, 0.2) is 0 Å². The van der Waals surface area contributed by atoms with Crippen LogP contribution < -0.4 is 0 Å². The van der Waals surface area contributed by atoms with Crippen LogP contribution in [0.25, 0.3) is 55.3 Å². The molecule has 47 heavy (non-hydrogen) atoms. The Kier molecular flexibility index (Phi) is 5.44. The average Bonchev–Trinajstić information content (AvgIpc) is 3.71. The number of benzene rings is 7. The molecular formula is C47H32. The number of hydrogen-bond acceptors (Lipinski definition) is 0. The second-order valence-corrected chi connectivity index (χ2v) is 13.6. The molecule has 0 amide bonds. The third kappa shape index (κ3) is 3.64. The summed E-state index contributed by atoms with van der Waals surface area (Å²) in [6.07, 6.45) is 0. The van der Waals surface area contributed by atoms with Gasteiger partial charge >= 0.3 is 0 Å². The molecule has 0 heteroatoms. The molecule has 0 heterocycles. The molecule has 0 bridgehead atoms. The fourth-order valence-corrected chi connectivity index (χ4v) is 8.62. The van der Waals surface area contributed by atoms with Crippen LogP contribution in [0.1, 0.15) is 58.4 Å². The van der Waals surface area contributed by atoms with Crippen molar-refractivity contribution in [1.82, 2.24) is 0 Å². The van der Waals surface area contributed by atoms with Crippen molar-refractivity contribution in [3.05, 3.63) is 202 Å². The molecule has 0 N–H and O–H groups in total. The van der Waals surface area contributed by atoms with E-state index in [0.717, 1.165) is 0 Å². The van der Waals surface area contributed by atoms with Crippen molar-refractivity contribution >= 4 is 33.1 Å². The first kappa shape index (κ1) is 26.5. The Morgan fingerprint density at radius 3 is 1.51 bits per heavy atom. The summed E-state index contributed by atoms with van der Waals surface area (Å²) in [6, 6.07) is 58.6. The molecule has 10 rings (SSSR count). The third-order valence-corrected chi connectivity index (χ3v) is 10.8. The molecule has 3 aliphatic rings. The largest absolute Gasteiger partial charge is 0.0622 e. The summed E-state index contributed by atoms with van der Waals surface area (Å²) in [5.41, 5.74) is 21.2. The van der Waals surface area contributed by atoms with Crippen molar-refractivity contribution < 1.29 is 0 Å². The molecule has 0 atom stereocenters. The van der Waals surface area contributed by atoms with E-state index in [1.165, 1.54) is 99.8 Å². The van der Waals surface area contributed by atoms with Gasteiger partial charge in [0.05, 0.1) is 0 Å². The summed E-state index contributed by atoms with van der Waals surface area (Å²) in [7, 11) is 0. The van der Waals surface area contributed by atoms with E-state index in [4.69, 9.17) is 0 Å². The Morgan fingerprint density at radius 2 is 0.809 bits per heavy atom. The molecule has 7 aromatic carbocycles. The molecule has 3 aliphatic carbocycles. The summed E-state index contributed by atoms with van der Waals surface area (Å²) >= 11 is 0. The van der Waals surface area contributed by atoms with Gasteiger partial charge in [-0.25, -0.2) is 0 Å². The minimum atomic E-state index is -0.116. The molecule has 0 saturated heterocycles. The summed E-state index contributed by atoms with van der Waals surface area (Å²) < 4.78 is 0. The molecule has 0 spiro atoms. The molecular weight excluding hydrogens is 565 g/mol. The highest BCUT2D eigenvalue weighted by Gasteiger charge is 2.40. The SMILES string of the molecule is CC1(C)c2cc(C3=C4C(=C(c5cccc6ccccc56)c5ccccc54)c4ccccc43)ccc2-c2ccc(-c3ccccc3)cc21. The van der Waals surface area contributed by atoms with Crippen LogP contribution in [0.15, 0.2) is 158 Å². The normalized spacial score (nSPS) is 15.0. The highest BCUT2D eigenvalue weighted by atomic mass is 14.4. The van der Waals surface area contributed by atoms with Gasteiger partial charge in [-0.1, -0.05) is 159 Å². The zero-order valence-corrected chi connectivity index (χ0v) is 26.5. The van der Waals surface area contributed by atoms with Crippen LogP contribution in [0.3, 0.4) is 0 Å². The lowest BCUT2D eigenvalue weighted by Gasteiger charge is -2.23. The highest BCUT2D eigenvalue weighted by Crippen LogP contribution is 2.59. The van der Waals surface area contributed by atoms with Crippen LogP contribution in [-0.4, -0.2) is 0 Å². The first-order chi connectivity index (χ1) is 23.1. The molecule has 0 saturated carbocycles. The molecule has 0 unspecified atom stereocenters. The van der Waals surface area contributed by atoms with Crippen molar-refractivity contribution in [1.29, 1.82) is 0 Å². The lowest BCUT2D eigenvalue weighted by atomic mass is 9.80. The number of allylic oxidation sites excluding steroid dienone is 2. The first-order valence-corrected chi connectivity index (χ1v) is 16.6. The van der Waals surface area contributed by atoms with Gasteiger partial charge in [-0.3, -0.25) is 0 Å². The highest BCUT2D eigenvalue weighted by molar-refractivity contribution is 6.36. The van der Waals surface area contributed by atoms with E-state index in [1.807, 2.05) is 0 Å². The maximum atomic E-state index is 2.50. The third-order valence-electron chi connectivity index (χ3n) is 10.8. The minimum absolute atomic E-state index is 0.116. The molecule has 0 nitrogen and oxygen atoms in total. The molecule has 0 fully saturated rings. The van der Waals surface area contributed by atoms with Crippen LogP contribution in [0.2, 0.25) is 0 Å². The van der Waals surface area contributed by atoms with E-state index in [-0.39, 0.29) is 5.41 Å². The van der Waals surface area contributed by atoms with E-state index in [2.05, 4.69) is 172 Å². The zero-order chi connectivity index (χ0) is 31.3. The summed E-state index contributed by atoms with van der Waals surface area (Å²) in [6.45, 7) is 4.79. The molecule has 0 aromatic heterocycles. The molecule has 7 aromatic rings. The van der Waals surface area contributed by atoms with E-state index >= 15 is 0 Å². The van der Waals surface area contributed by atoms with Crippen molar-refractivity contribution in [3.63, 3.8) is 0 Å². The van der Waals surface area contributed by atoms with Gasteiger partial charge in [0.25, 0.3) is 0 Å². The van der Waals surface area contributed by atoms with Crippen molar-refractivity contribution in [2.45, 2.75) is 19.3 Å². The van der Waals surface area contributed by atoms with Crippen LogP contribution in [0, 0.1) is 0 Å². The van der Waals surface area contributed by atoms with Gasteiger partial charge in [-0.15, -0.1) is 0 Å². The molecule has 220 valence electrons. The fourth-order valence-electron chi connectivity index (χ4n) is 8.62. The fraction of sp³-hybridized carbons (Fsp3) is 0.0638. The molecule has 0 aliphatic heterocycles. The first-order valence-electron chi connectivity index (χ1n) is 16.6. The second kappa shape index (κ2) is 9.64. The van der Waals surface area contributed by atoms with Crippen molar-refractivity contribution in [2.24, 2.45) is 0 Å². The summed E-state index contributed by atoms with van der Waals surface area (Å²) in [5.74, 6) is 0. The monoisotopic (exact) mass is 596 g/mol. The van der Waals surface area contributed by atoms with E-state index in [1.54, 1.807) is 0 Å². The quantitative estimate of drug-likeness (QED) is 0.190. The van der Waals surface area contributed by atoms with Crippen LogP contribution in [0.5, 0.6) is 0 Å². The van der Waals surface area contributed by atoms with Gasteiger partial charge in [-0.2, -0.15) is 0 Å². The number of rotatable bonds is 3. The number of fused-ring (bicyclic) bond motifs is 9. The summed E-state index contributed by atoms with van der Waals surface area (Å²) in [5, 5.41) is 2.57. The summed E-state index contributed by atoms with van der Waals surface area (Å²) in [4.78, 5) is 0. The lowest BCUT2D eigenvalue weighted by molar-refractivity contribution is 0.660. The van der Waals surface area contributed by atoms with Crippen molar-refractivity contribution in [3.8, 4) is 22.3 Å². The van der Waals surface area contributed by atoms with E-state index in [9.17, 15) is 0 Å². The Labute approximate surface area is 276 Å². The molecule has 0 radical (unpaired) electrons. The standard InChI is InChI=1S/C47H32/c1-47(2)41-27-31(29-13-4-3-5-14-29)23-25-34(41)35-26-24-32(28-42(35)47)43-37-18-8-10-20-39(37)46-44(38-19-9-11-21-40(38)45(43)46)36-22-12-16-30-15-6-7-17-33(30)36/h3-28H,1-2H3. The number of hydrogen-bond donors (Lipinski definition) is 0. The smallest absolute Gasteiger partial charge is 0.0159 e. The Hall–Kier alpha value is -5.72. The average molecular weight is 597 g/mol. The minimum Gasteiger partial charge on any atom is -0.0622 e. The van der Waals surface area contributed by atoms with Gasteiger partial charge in [0.1, 0.15) is 0 Å². The van der Waals surface area contributed by atoms with Crippen LogP contribution in [-0.2, 0) is 5.41 Å². The predicted octanol–water partition coefficient (Wildman–Crippen LogP) is 12.1. The second-order valence-electron chi connectivity index (χ2n) is 13.6. The lowest BCUT2D eigenvalue weighted by Crippen LogP contribution is -2.15.